The first-order chi connectivity index (χ1) is 16.1. The topological polar surface area (TPSA) is 95.9 Å². The van der Waals surface area contributed by atoms with Gasteiger partial charge in [-0.3, -0.25) is 14.4 Å². The number of ether oxygens (including phenoxy) is 1. The minimum atomic E-state index is -0.825. The molecule has 186 valence electrons. The van der Waals surface area contributed by atoms with E-state index in [2.05, 4.69) is 5.32 Å². The molecule has 3 rings (SSSR count). The number of allylic oxidation sites excluding steroid dienone is 1. The number of aliphatic hydroxyl groups is 1. The fraction of sp³-hybridized carbons (Fsp3) is 0.593. The average molecular weight is 471 g/mol. The molecule has 0 radical (unpaired) electrons. The van der Waals surface area contributed by atoms with Crippen LogP contribution < -0.4 is 5.32 Å². The van der Waals surface area contributed by atoms with E-state index in [0.717, 1.165) is 11.1 Å². The summed E-state index contributed by atoms with van der Waals surface area (Å²) in [5.74, 6) is -2.81. The standard InChI is InChI=1S/C27H38N2O5/c1-7-34-27(33)22-18(6)10-11-20-23(22)26(32)29(19(14-30)12-15(2)3)24(20)25(31)28-21-13-16(4)8-9-17(21)5/h8-11,13,15,18-20,22-24,30H,7,12,14H2,1-6H3,(H,28,31)/t18-,19-,20+,22-,23+,24+/m1/s1. The molecule has 1 saturated heterocycles. The molecule has 0 bridgehead atoms. The Morgan fingerprint density at radius 1 is 1.21 bits per heavy atom. The molecule has 1 aromatic carbocycles. The number of fused-ring (bicyclic) bond motifs is 1. The van der Waals surface area contributed by atoms with Gasteiger partial charge in [0.25, 0.3) is 0 Å². The second-order valence-corrected chi connectivity index (χ2v) is 10.1. The maximum Gasteiger partial charge on any atom is 0.310 e. The molecule has 6 atom stereocenters. The second kappa shape index (κ2) is 10.7. The van der Waals surface area contributed by atoms with E-state index in [0.29, 0.717) is 12.1 Å². The van der Waals surface area contributed by atoms with Crippen molar-refractivity contribution in [3.63, 3.8) is 0 Å². The average Bonchev–Trinajstić information content (AvgIpc) is 3.06. The quantitative estimate of drug-likeness (QED) is 0.448. The fourth-order valence-electron chi connectivity index (χ4n) is 5.43. The SMILES string of the molecule is CCOC(=O)[C@H]1[C@H]2C(=O)N([C@@H](CO)CC(C)C)[C@H](C(=O)Nc3cc(C)ccc3C)[C@H]2C=C[C@H]1C. The van der Waals surface area contributed by atoms with Gasteiger partial charge in [-0.1, -0.05) is 45.1 Å². The van der Waals surface area contributed by atoms with Crippen LogP contribution in [0.15, 0.2) is 30.4 Å². The number of carbonyl (C=O) groups is 3. The Morgan fingerprint density at radius 2 is 1.91 bits per heavy atom. The van der Waals surface area contributed by atoms with Gasteiger partial charge in [0.1, 0.15) is 6.04 Å². The Kier molecular flexibility index (Phi) is 8.18. The van der Waals surface area contributed by atoms with Gasteiger partial charge in [0.15, 0.2) is 0 Å². The van der Waals surface area contributed by atoms with E-state index in [1.807, 2.05) is 65.0 Å². The first kappa shape index (κ1) is 25.9. The highest BCUT2D eigenvalue weighted by Crippen LogP contribution is 2.45. The summed E-state index contributed by atoms with van der Waals surface area (Å²) in [4.78, 5) is 42.0. The number of amides is 2. The molecule has 0 saturated carbocycles. The number of esters is 1. The van der Waals surface area contributed by atoms with Crippen LogP contribution in [0.1, 0.15) is 45.2 Å². The van der Waals surface area contributed by atoms with Crippen LogP contribution in [-0.2, 0) is 19.1 Å². The molecule has 2 N–H and O–H groups in total. The highest BCUT2D eigenvalue weighted by Gasteiger charge is 2.58. The molecule has 1 aliphatic carbocycles. The molecular formula is C27H38N2O5. The van der Waals surface area contributed by atoms with E-state index in [-0.39, 0.29) is 36.9 Å². The molecule has 1 aliphatic heterocycles. The first-order valence-electron chi connectivity index (χ1n) is 12.3. The predicted octanol–water partition coefficient (Wildman–Crippen LogP) is 3.48. The van der Waals surface area contributed by atoms with E-state index >= 15 is 0 Å². The summed E-state index contributed by atoms with van der Waals surface area (Å²) in [7, 11) is 0. The van der Waals surface area contributed by atoms with Gasteiger partial charge in [0, 0.05) is 11.6 Å². The lowest BCUT2D eigenvalue weighted by molar-refractivity contribution is -0.156. The van der Waals surface area contributed by atoms with Crippen molar-refractivity contribution in [2.45, 2.75) is 60.0 Å². The molecule has 0 spiro atoms. The molecule has 2 amide bonds. The van der Waals surface area contributed by atoms with Gasteiger partial charge >= 0.3 is 5.97 Å². The van der Waals surface area contributed by atoms with Crippen molar-refractivity contribution in [1.82, 2.24) is 4.90 Å². The van der Waals surface area contributed by atoms with Crippen LogP contribution in [0.4, 0.5) is 5.69 Å². The summed E-state index contributed by atoms with van der Waals surface area (Å²) in [5.41, 5.74) is 2.63. The minimum absolute atomic E-state index is 0.190. The lowest BCUT2D eigenvalue weighted by atomic mass is 9.70. The summed E-state index contributed by atoms with van der Waals surface area (Å²) in [6.07, 6.45) is 4.37. The van der Waals surface area contributed by atoms with Gasteiger partial charge in [0.2, 0.25) is 11.8 Å². The van der Waals surface area contributed by atoms with Crippen LogP contribution in [0.3, 0.4) is 0 Å². The van der Waals surface area contributed by atoms with Crippen molar-refractivity contribution in [3.8, 4) is 0 Å². The maximum atomic E-state index is 13.9. The minimum Gasteiger partial charge on any atom is -0.466 e. The van der Waals surface area contributed by atoms with Crippen molar-refractivity contribution in [1.29, 1.82) is 0 Å². The number of rotatable bonds is 8. The zero-order chi connectivity index (χ0) is 25.2. The smallest absolute Gasteiger partial charge is 0.310 e. The molecule has 34 heavy (non-hydrogen) atoms. The zero-order valence-electron chi connectivity index (χ0n) is 21.1. The van der Waals surface area contributed by atoms with E-state index < -0.39 is 35.8 Å². The van der Waals surface area contributed by atoms with Crippen LogP contribution >= 0.6 is 0 Å². The normalized spacial score (nSPS) is 27.0. The lowest BCUT2D eigenvalue weighted by Crippen LogP contribution is -2.51. The molecule has 1 aromatic rings. The fourth-order valence-corrected chi connectivity index (χ4v) is 5.43. The summed E-state index contributed by atoms with van der Waals surface area (Å²) in [6, 6.07) is 4.49. The van der Waals surface area contributed by atoms with Crippen LogP contribution in [0, 0.1) is 43.4 Å². The van der Waals surface area contributed by atoms with Gasteiger partial charge in [-0.15, -0.1) is 0 Å². The van der Waals surface area contributed by atoms with Crippen LogP contribution in [0.5, 0.6) is 0 Å². The number of carbonyl (C=O) groups excluding carboxylic acids is 3. The monoisotopic (exact) mass is 470 g/mol. The van der Waals surface area contributed by atoms with E-state index in [1.54, 1.807) is 11.8 Å². The third-order valence-corrected chi connectivity index (χ3v) is 7.03. The van der Waals surface area contributed by atoms with Gasteiger partial charge in [-0.25, -0.2) is 0 Å². The lowest BCUT2D eigenvalue weighted by Gasteiger charge is -2.34. The van der Waals surface area contributed by atoms with Crippen LogP contribution in [0.25, 0.3) is 0 Å². The molecule has 2 aliphatic rings. The van der Waals surface area contributed by atoms with Crippen molar-refractivity contribution >= 4 is 23.5 Å². The molecule has 1 heterocycles. The van der Waals surface area contributed by atoms with Gasteiger partial charge in [-0.05, 0) is 56.2 Å². The Balaban J connectivity index is 2.04. The summed E-state index contributed by atoms with van der Waals surface area (Å²) < 4.78 is 5.32. The molecule has 7 nitrogen and oxygen atoms in total. The molecule has 1 fully saturated rings. The van der Waals surface area contributed by atoms with Crippen LogP contribution in [0.2, 0.25) is 0 Å². The number of anilines is 1. The van der Waals surface area contributed by atoms with E-state index in [9.17, 15) is 19.5 Å². The number of hydrogen-bond donors (Lipinski definition) is 2. The Bertz CT molecular complexity index is 956. The summed E-state index contributed by atoms with van der Waals surface area (Å²) in [5, 5.41) is 13.3. The molecule has 0 aromatic heterocycles. The number of aryl methyl sites for hydroxylation is 2. The zero-order valence-corrected chi connectivity index (χ0v) is 21.1. The number of nitrogens with one attached hydrogen (secondary N) is 1. The maximum absolute atomic E-state index is 13.9. The van der Waals surface area contributed by atoms with E-state index in [1.165, 1.54) is 0 Å². The number of hydrogen-bond acceptors (Lipinski definition) is 5. The number of nitrogens with zero attached hydrogens (tertiary/aromatic N) is 1. The first-order valence-corrected chi connectivity index (χ1v) is 12.3. The highest BCUT2D eigenvalue weighted by atomic mass is 16.5. The van der Waals surface area contributed by atoms with Crippen molar-refractivity contribution in [3.05, 3.63) is 41.5 Å². The largest absolute Gasteiger partial charge is 0.466 e. The Labute approximate surface area is 202 Å². The summed E-state index contributed by atoms with van der Waals surface area (Å²) in [6.45, 7) is 11.5. The van der Waals surface area contributed by atoms with Crippen molar-refractivity contribution < 1.29 is 24.2 Å². The third kappa shape index (κ3) is 5.04. The van der Waals surface area contributed by atoms with E-state index in [4.69, 9.17) is 4.74 Å². The van der Waals surface area contributed by atoms with Gasteiger partial charge in [0.05, 0.1) is 31.1 Å². The van der Waals surface area contributed by atoms with Gasteiger partial charge < -0.3 is 20.1 Å². The van der Waals surface area contributed by atoms with Crippen molar-refractivity contribution in [2.75, 3.05) is 18.5 Å². The Hall–Kier alpha value is -2.67. The Morgan fingerprint density at radius 3 is 2.53 bits per heavy atom. The molecule has 0 unspecified atom stereocenters. The summed E-state index contributed by atoms with van der Waals surface area (Å²) >= 11 is 0. The number of benzene rings is 1. The van der Waals surface area contributed by atoms with Crippen molar-refractivity contribution in [2.24, 2.45) is 29.6 Å². The number of likely N-dealkylation sites (tertiary alicyclic amines) is 1. The third-order valence-electron chi connectivity index (χ3n) is 7.03. The predicted molar refractivity (Wildman–Crippen MR) is 131 cm³/mol. The highest BCUT2D eigenvalue weighted by molar-refractivity contribution is 6.02. The van der Waals surface area contributed by atoms with Crippen LogP contribution in [-0.4, -0.2) is 53.1 Å². The second-order valence-electron chi connectivity index (χ2n) is 10.1. The molecular weight excluding hydrogens is 432 g/mol. The van der Waals surface area contributed by atoms with Gasteiger partial charge in [-0.2, -0.15) is 0 Å². The number of aliphatic hydroxyl groups excluding tert-OH is 1. The molecule has 7 heteroatoms.